The van der Waals surface area contributed by atoms with Crippen LogP contribution in [0.3, 0.4) is 0 Å². The molecule has 0 aliphatic rings. The molecule has 1 heterocycles. The number of aromatic nitrogens is 1. The number of hydrogen-bond acceptors (Lipinski definition) is 4. The third-order valence-electron chi connectivity index (χ3n) is 3.44. The number of ether oxygens (including phenoxy) is 2. The van der Waals surface area contributed by atoms with Crippen LogP contribution in [-0.2, 0) is 4.74 Å². The van der Waals surface area contributed by atoms with Crippen LogP contribution >= 0.6 is 0 Å². The number of anilines is 1. The number of nitrogens with zero attached hydrogens (tertiary/aromatic N) is 1. The van der Waals surface area contributed by atoms with Crippen molar-refractivity contribution in [2.45, 2.75) is 19.9 Å². The van der Waals surface area contributed by atoms with Crippen molar-refractivity contribution in [1.29, 1.82) is 0 Å². The van der Waals surface area contributed by atoms with Crippen molar-refractivity contribution in [1.82, 2.24) is 4.98 Å². The molecular weight excluding hydrogens is 252 g/mol. The third kappa shape index (κ3) is 3.20. The lowest BCUT2D eigenvalue weighted by atomic mass is 10.0. The van der Waals surface area contributed by atoms with Gasteiger partial charge in [0.1, 0.15) is 11.6 Å². The van der Waals surface area contributed by atoms with Gasteiger partial charge in [0.25, 0.3) is 0 Å². The number of pyridine rings is 1. The van der Waals surface area contributed by atoms with E-state index in [1.165, 1.54) is 0 Å². The maximum atomic E-state index is 5.28. The molecule has 2 rings (SSSR count). The Bertz CT molecular complexity index is 569. The maximum Gasteiger partial charge on any atom is 0.134 e. The molecule has 0 fully saturated rings. The molecule has 0 saturated carbocycles. The van der Waals surface area contributed by atoms with Crippen LogP contribution in [0.25, 0.3) is 10.8 Å². The molecule has 1 N–H and O–H groups in total. The van der Waals surface area contributed by atoms with E-state index in [0.29, 0.717) is 12.5 Å². The summed E-state index contributed by atoms with van der Waals surface area (Å²) in [5.41, 5.74) is 0. The van der Waals surface area contributed by atoms with E-state index in [1.54, 1.807) is 14.2 Å². The van der Waals surface area contributed by atoms with E-state index in [0.717, 1.165) is 22.3 Å². The summed E-state index contributed by atoms with van der Waals surface area (Å²) >= 11 is 0. The molecule has 4 nitrogen and oxygen atoms in total. The molecule has 1 aromatic heterocycles. The molecule has 108 valence electrons. The summed E-state index contributed by atoms with van der Waals surface area (Å²) in [5.74, 6) is 2.21. The molecule has 0 amide bonds. The van der Waals surface area contributed by atoms with Crippen LogP contribution in [-0.4, -0.2) is 31.9 Å². The van der Waals surface area contributed by atoms with Gasteiger partial charge in [0.05, 0.1) is 19.8 Å². The highest BCUT2D eigenvalue weighted by molar-refractivity contribution is 5.92. The fourth-order valence-electron chi connectivity index (χ4n) is 2.15. The molecule has 0 aliphatic heterocycles. The Hall–Kier alpha value is -1.81. The zero-order valence-electron chi connectivity index (χ0n) is 12.5. The fourth-order valence-corrected chi connectivity index (χ4v) is 2.15. The van der Waals surface area contributed by atoms with Crippen molar-refractivity contribution < 1.29 is 9.47 Å². The summed E-state index contributed by atoms with van der Waals surface area (Å²) in [4.78, 5) is 4.46. The SMILES string of the molecule is COCC(Nc1nccc2cc(OC)ccc12)C(C)C. The molecule has 0 aliphatic carbocycles. The molecular formula is C16H22N2O2. The molecule has 20 heavy (non-hydrogen) atoms. The first-order chi connectivity index (χ1) is 9.65. The van der Waals surface area contributed by atoms with Gasteiger partial charge in [-0.2, -0.15) is 0 Å². The van der Waals surface area contributed by atoms with Gasteiger partial charge in [0.15, 0.2) is 0 Å². The van der Waals surface area contributed by atoms with Crippen LogP contribution in [0.15, 0.2) is 30.5 Å². The Kier molecular flexibility index (Phi) is 4.79. The second kappa shape index (κ2) is 6.57. The number of fused-ring (bicyclic) bond motifs is 1. The zero-order chi connectivity index (χ0) is 14.5. The molecule has 4 heteroatoms. The Morgan fingerprint density at radius 3 is 2.65 bits per heavy atom. The van der Waals surface area contributed by atoms with E-state index < -0.39 is 0 Å². The summed E-state index contributed by atoms with van der Waals surface area (Å²) < 4.78 is 10.5. The average molecular weight is 274 g/mol. The van der Waals surface area contributed by atoms with Crippen molar-refractivity contribution in [3.63, 3.8) is 0 Å². The van der Waals surface area contributed by atoms with E-state index in [9.17, 15) is 0 Å². The van der Waals surface area contributed by atoms with Crippen molar-refractivity contribution in [2.75, 3.05) is 26.1 Å². The van der Waals surface area contributed by atoms with E-state index >= 15 is 0 Å². The Morgan fingerprint density at radius 1 is 1.20 bits per heavy atom. The summed E-state index contributed by atoms with van der Waals surface area (Å²) in [7, 11) is 3.40. The second-order valence-corrected chi connectivity index (χ2v) is 5.20. The number of hydrogen-bond donors (Lipinski definition) is 1. The van der Waals surface area contributed by atoms with Crippen LogP contribution in [0.5, 0.6) is 5.75 Å². The molecule has 0 bridgehead atoms. The highest BCUT2D eigenvalue weighted by atomic mass is 16.5. The molecule has 0 saturated heterocycles. The predicted octanol–water partition coefficient (Wildman–Crippen LogP) is 3.33. The summed E-state index contributed by atoms with van der Waals surface area (Å²) in [6.07, 6.45) is 1.81. The lowest BCUT2D eigenvalue weighted by molar-refractivity contribution is 0.171. The Balaban J connectivity index is 2.34. The molecule has 1 atom stereocenters. The van der Waals surface area contributed by atoms with E-state index in [-0.39, 0.29) is 6.04 Å². The van der Waals surface area contributed by atoms with Gasteiger partial charge in [-0.1, -0.05) is 13.8 Å². The van der Waals surface area contributed by atoms with Crippen molar-refractivity contribution in [3.8, 4) is 5.75 Å². The van der Waals surface area contributed by atoms with Gasteiger partial charge < -0.3 is 14.8 Å². The van der Waals surface area contributed by atoms with Gasteiger partial charge in [0, 0.05) is 18.7 Å². The first kappa shape index (κ1) is 14.6. The number of benzene rings is 1. The highest BCUT2D eigenvalue weighted by Gasteiger charge is 2.14. The lowest BCUT2D eigenvalue weighted by Gasteiger charge is -2.22. The Morgan fingerprint density at radius 2 is 2.00 bits per heavy atom. The largest absolute Gasteiger partial charge is 0.497 e. The van der Waals surface area contributed by atoms with Gasteiger partial charge in [0.2, 0.25) is 0 Å². The Labute approximate surface area is 120 Å². The minimum atomic E-state index is 0.236. The first-order valence-electron chi connectivity index (χ1n) is 6.84. The van der Waals surface area contributed by atoms with E-state index in [2.05, 4.69) is 24.1 Å². The molecule has 1 aromatic carbocycles. The maximum absolute atomic E-state index is 5.28. The van der Waals surface area contributed by atoms with Crippen molar-refractivity contribution in [2.24, 2.45) is 5.92 Å². The normalized spacial score (nSPS) is 12.7. The molecule has 1 unspecified atom stereocenters. The molecule has 0 spiro atoms. The minimum absolute atomic E-state index is 0.236. The average Bonchev–Trinajstić information content (AvgIpc) is 2.46. The third-order valence-corrected chi connectivity index (χ3v) is 3.44. The predicted molar refractivity (Wildman–Crippen MR) is 82.4 cm³/mol. The quantitative estimate of drug-likeness (QED) is 0.877. The van der Waals surface area contributed by atoms with Crippen LogP contribution in [0.4, 0.5) is 5.82 Å². The molecule has 0 radical (unpaired) electrons. The van der Waals surface area contributed by atoms with Gasteiger partial charge >= 0.3 is 0 Å². The lowest BCUT2D eigenvalue weighted by Crippen LogP contribution is -2.30. The van der Waals surface area contributed by atoms with E-state index in [1.807, 2.05) is 30.5 Å². The highest BCUT2D eigenvalue weighted by Crippen LogP contribution is 2.26. The topological polar surface area (TPSA) is 43.4 Å². The van der Waals surface area contributed by atoms with Crippen molar-refractivity contribution in [3.05, 3.63) is 30.5 Å². The van der Waals surface area contributed by atoms with Gasteiger partial charge in [-0.3, -0.25) is 0 Å². The smallest absolute Gasteiger partial charge is 0.134 e. The van der Waals surface area contributed by atoms with Crippen molar-refractivity contribution >= 4 is 16.6 Å². The monoisotopic (exact) mass is 274 g/mol. The standard InChI is InChI=1S/C16H22N2O2/c1-11(2)15(10-19-3)18-16-14-6-5-13(20-4)9-12(14)7-8-17-16/h5-9,11,15H,10H2,1-4H3,(H,17,18). The summed E-state index contributed by atoms with van der Waals surface area (Å²) in [6, 6.07) is 8.23. The summed E-state index contributed by atoms with van der Waals surface area (Å²) in [6.45, 7) is 5.00. The van der Waals surface area contributed by atoms with Gasteiger partial charge in [-0.25, -0.2) is 4.98 Å². The fraction of sp³-hybridized carbons (Fsp3) is 0.438. The minimum Gasteiger partial charge on any atom is -0.497 e. The summed E-state index contributed by atoms with van der Waals surface area (Å²) in [5, 5.41) is 5.69. The van der Waals surface area contributed by atoms with Crippen LogP contribution < -0.4 is 10.1 Å². The van der Waals surface area contributed by atoms with Crippen LogP contribution in [0.1, 0.15) is 13.8 Å². The van der Waals surface area contributed by atoms with Gasteiger partial charge in [-0.05, 0) is 35.6 Å². The van der Waals surface area contributed by atoms with Crippen LogP contribution in [0.2, 0.25) is 0 Å². The second-order valence-electron chi connectivity index (χ2n) is 5.20. The number of rotatable bonds is 6. The zero-order valence-corrected chi connectivity index (χ0v) is 12.5. The van der Waals surface area contributed by atoms with E-state index in [4.69, 9.17) is 9.47 Å². The number of nitrogens with one attached hydrogen (secondary N) is 1. The van der Waals surface area contributed by atoms with Gasteiger partial charge in [-0.15, -0.1) is 0 Å². The first-order valence-corrected chi connectivity index (χ1v) is 6.84. The van der Waals surface area contributed by atoms with Crippen LogP contribution in [0, 0.1) is 5.92 Å². The number of methoxy groups -OCH3 is 2. The molecule has 2 aromatic rings.